The molecule has 1 fully saturated rings. The molecular formula is C12H13NO. The average Bonchev–Trinajstić information content (AvgIpc) is 2.30. The zero-order valence-electron chi connectivity index (χ0n) is 8.02. The van der Waals surface area contributed by atoms with Crippen LogP contribution in [0.4, 0.5) is 0 Å². The molecule has 1 aliphatic rings. The first-order valence-electron chi connectivity index (χ1n) is 4.94. The highest BCUT2D eigenvalue weighted by molar-refractivity contribution is 5.22. The predicted molar refractivity (Wildman–Crippen MR) is 53.7 cm³/mol. The minimum Gasteiger partial charge on any atom is -0.381 e. The van der Waals surface area contributed by atoms with E-state index < -0.39 is 0 Å². The molecule has 0 saturated carbocycles. The molecular weight excluding hydrogens is 174 g/mol. The van der Waals surface area contributed by atoms with Gasteiger partial charge in [-0.15, -0.1) is 0 Å². The molecule has 0 bridgehead atoms. The topological polar surface area (TPSA) is 33.0 Å². The number of ether oxygens (including phenoxy) is 1. The van der Waals surface area contributed by atoms with Crippen LogP contribution in [0.2, 0.25) is 0 Å². The van der Waals surface area contributed by atoms with Crippen LogP contribution < -0.4 is 0 Å². The van der Waals surface area contributed by atoms with Crippen molar-refractivity contribution in [2.75, 3.05) is 13.2 Å². The highest BCUT2D eigenvalue weighted by Gasteiger charge is 2.26. The van der Waals surface area contributed by atoms with Gasteiger partial charge in [0, 0.05) is 12.5 Å². The van der Waals surface area contributed by atoms with Crippen LogP contribution in [0.5, 0.6) is 0 Å². The van der Waals surface area contributed by atoms with Crippen molar-refractivity contribution in [3.8, 4) is 6.07 Å². The van der Waals surface area contributed by atoms with Gasteiger partial charge in [0.25, 0.3) is 0 Å². The lowest BCUT2D eigenvalue weighted by Crippen LogP contribution is -2.24. The average molecular weight is 187 g/mol. The number of rotatable bonds is 1. The Hall–Kier alpha value is -1.33. The highest BCUT2D eigenvalue weighted by atomic mass is 16.5. The van der Waals surface area contributed by atoms with Crippen LogP contribution >= 0.6 is 0 Å². The molecule has 0 radical (unpaired) electrons. The third-order valence-corrected chi connectivity index (χ3v) is 2.75. The van der Waals surface area contributed by atoms with Crippen LogP contribution in [-0.4, -0.2) is 13.2 Å². The third-order valence-electron chi connectivity index (χ3n) is 2.75. The lowest BCUT2D eigenvalue weighted by atomic mass is 9.84. The molecule has 2 atom stereocenters. The van der Waals surface area contributed by atoms with Crippen molar-refractivity contribution in [1.29, 1.82) is 5.26 Å². The van der Waals surface area contributed by atoms with Gasteiger partial charge in [-0.05, 0) is 12.0 Å². The van der Waals surface area contributed by atoms with Gasteiger partial charge in [0.2, 0.25) is 0 Å². The van der Waals surface area contributed by atoms with Gasteiger partial charge in [0.05, 0.1) is 18.6 Å². The van der Waals surface area contributed by atoms with Crippen LogP contribution in [-0.2, 0) is 4.74 Å². The molecule has 2 rings (SSSR count). The summed E-state index contributed by atoms with van der Waals surface area (Å²) in [4.78, 5) is 0. The summed E-state index contributed by atoms with van der Waals surface area (Å²) in [5.74, 6) is 0.376. The maximum atomic E-state index is 9.02. The summed E-state index contributed by atoms with van der Waals surface area (Å²) in [6, 6.07) is 12.5. The summed E-state index contributed by atoms with van der Waals surface area (Å²) in [5.41, 5.74) is 1.22. The second-order valence-electron chi connectivity index (χ2n) is 3.62. The fourth-order valence-corrected chi connectivity index (χ4v) is 1.92. The van der Waals surface area contributed by atoms with Crippen molar-refractivity contribution in [3.05, 3.63) is 35.9 Å². The Morgan fingerprint density at radius 3 is 2.79 bits per heavy atom. The fourth-order valence-electron chi connectivity index (χ4n) is 1.92. The SMILES string of the molecule is N#CC1CCOC[C@H]1c1ccccc1. The van der Waals surface area contributed by atoms with E-state index in [9.17, 15) is 0 Å². The molecule has 0 N–H and O–H groups in total. The predicted octanol–water partition coefficient (Wildman–Crippen LogP) is 2.33. The van der Waals surface area contributed by atoms with Gasteiger partial charge < -0.3 is 4.74 Å². The number of hydrogen-bond acceptors (Lipinski definition) is 2. The van der Waals surface area contributed by atoms with E-state index in [-0.39, 0.29) is 11.8 Å². The van der Waals surface area contributed by atoms with Gasteiger partial charge >= 0.3 is 0 Å². The molecule has 0 aromatic heterocycles. The van der Waals surface area contributed by atoms with Gasteiger partial charge in [0.15, 0.2) is 0 Å². The smallest absolute Gasteiger partial charge is 0.0664 e. The molecule has 1 aromatic rings. The molecule has 1 saturated heterocycles. The maximum Gasteiger partial charge on any atom is 0.0664 e. The maximum absolute atomic E-state index is 9.02. The molecule has 0 aliphatic carbocycles. The first-order valence-corrected chi connectivity index (χ1v) is 4.94. The fraction of sp³-hybridized carbons (Fsp3) is 0.417. The first kappa shape index (κ1) is 9.23. The van der Waals surface area contributed by atoms with Crippen molar-refractivity contribution < 1.29 is 4.74 Å². The minimum absolute atomic E-state index is 0.117. The molecule has 0 amide bonds. The number of nitriles is 1. The molecule has 0 spiro atoms. The van der Waals surface area contributed by atoms with E-state index in [2.05, 4.69) is 18.2 Å². The summed E-state index contributed by atoms with van der Waals surface area (Å²) in [6.45, 7) is 1.41. The van der Waals surface area contributed by atoms with E-state index in [1.54, 1.807) is 0 Å². The second kappa shape index (κ2) is 4.26. The van der Waals surface area contributed by atoms with Crippen LogP contribution in [0, 0.1) is 17.2 Å². The van der Waals surface area contributed by atoms with Crippen molar-refractivity contribution in [2.24, 2.45) is 5.92 Å². The van der Waals surface area contributed by atoms with Crippen molar-refractivity contribution in [3.63, 3.8) is 0 Å². The first-order chi connectivity index (χ1) is 6.92. The number of benzene rings is 1. The molecule has 1 heterocycles. The Morgan fingerprint density at radius 2 is 2.07 bits per heavy atom. The van der Waals surface area contributed by atoms with Gasteiger partial charge in [0.1, 0.15) is 0 Å². The van der Waals surface area contributed by atoms with E-state index in [1.807, 2.05) is 18.2 Å². The van der Waals surface area contributed by atoms with E-state index in [4.69, 9.17) is 10.00 Å². The van der Waals surface area contributed by atoms with E-state index in [1.165, 1.54) is 5.56 Å². The van der Waals surface area contributed by atoms with Crippen molar-refractivity contribution >= 4 is 0 Å². The van der Waals surface area contributed by atoms with Gasteiger partial charge in [-0.1, -0.05) is 30.3 Å². The zero-order chi connectivity index (χ0) is 9.80. The van der Waals surface area contributed by atoms with Gasteiger partial charge in [-0.25, -0.2) is 0 Å². The highest BCUT2D eigenvalue weighted by Crippen LogP contribution is 2.30. The van der Waals surface area contributed by atoms with E-state index in [0.717, 1.165) is 13.0 Å². The van der Waals surface area contributed by atoms with Crippen LogP contribution in [0.1, 0.15) is 17.9 Å². The summed E-state index contributed by atoms with van der Waals surface area (Å²) >= 11 is 0. The van der Waals surface area contributed by atoms with E-state index in [0.29, 0.717) is 6.61 Å². The van der Waals surface area contributed by atoms with Crippen LogP contribution in [0.3, 0.4) is 0 Å². The molecule has 14 heavy (non-hydrogen) atoms. The Kier molecular flexibility index (Phi) is 2.81. The van der Waals surface area contributed by atoms with Crippen LogP contribution in [0.15, 0.2) is 30.3 Å². The normalized spacial score (nSPS) is 26.8. The molecule has 1 unspecified atom stereocenters. The third kappa shape index (κ3) is 1.78. The Morgan fingerprint density at radius 1 is 1.29 bits per heavy atom. The minimum atomic E-state index is 0.117. The molecule has 1 aliphatic heterocycles. The van der Waals surface area contributed by atoms with Crippen molar-refractivity contribution in [1.82, 2.24) is 0 Å². The Labute approximate surface area is 84.1 Å². The quantitative estimate of drug-likeness (QED) is 0.676. The standard InChI is InChI=1S/C12H13NO/c13-8-11-6-7-14-9-12(11)10-4-2-1-3-5-10/h1-5,11-12H,6-7,9H2/t11?,12-/m0/s1. The molecule has 1 aromatic carbocycles. The largest absolute Gasteiger partial charge is 0.381 e. The molecule has 2 heteroatoms. The Balaban J connectivity index is 2.20. The number of hydrogen-bond donors (Lipinski definition) is 0. The summed E-state index contributed by atoms with van der Waals surface area (Å²) in [7, 11) is 0. The van der Waals surface area contributed by atoms with Crippen molar-refractivity contribution in [2.45, 2.75) is 12.3 Å². The van der Waals surface area contributed by atoms with Gasteiger partial charge in [-0.2, -0.15) is 5.26 Å². The Bertz CT molecular complexity index is 328. The molecule has 2 nitrogen and oxygen atoms in total. The zero-order valence-corrected chi connectivity index (χ0v) is 8.02. The number of nitrogens with zero attached hydrogens (tertiary/aromatic N) is 1. The summed E-state index contributed by atoms with van der Waals surface area (Å²) in [5, 5.41) is 9.02. The molecule has 72 valence electrons. The monoisotopic (exact) mass is 187 g/mol. The lowest BCUT2D eigenvalue weighted by molar-refractivity contribution is 0.0618. The van der Waals surface area contributed by atoms with E-state index >= 15 is 0 Å². The van der Waals surface area contributed by atoms with Crippen LogP contribution in [0.25, 0.3) is 0 Å². The summed E-state index contributed by atoms with van der Waals surface area (Å²) in [6.07, 6.45) is 0.857. The van der Waals surface area contributed by atoms with Gasteiger partial charge in [-0.3, -0.25) is 0 Å². The second-order valence-corrected chi connectivity index (χ2v) is 3.62. The lowest BCUT2D eigenvalue weighted by Gasteiger charge is -2.27. The summed E-state index contributed by atoms with van der Waals surface area (Å²) < 4.78 is 5.42.